The number of thioether (sulfide) groups is 1. The molecule has 0 atom stereocenters. The molecule has 0 unspecified atom stereocenters. The molecule has 1 saturated heterocycles. The van der Waals surface area contributed by atoms with Crippen LogP contribution < -0.4 is 4.74 Å². The predicted octanol–water partition coefficient (Wildman–Crippen LogP) is 4.19. The molecule has 2 rings (SSSR count). The Morgan fingerprint density at radius 2 is 2.22 bits per heavy atom. The van der Waals surface area contributed by atoms with Gasteiger partial charge in [0, 0.05) is 6.54 Å². The summed E-state index contributed by atoms with van der Waals surface area (Å²) in [7, 11) is 0. The lowest BCUT2D eigenvalue weighted by atomic mass is 10.2. The van der Waals surface area contributed by atoms with Crippen LogP contribution in [-0.4, -0.2) is 29.2 Å². The fourth-order valence-electron chi connectivity index (χ4n) is 2.00. The quantitative estimate of drug-likeness (QED) is 0.570. The van der Waals surface area contributed by atoms with Crippen molar-refractivity contribution in [2.75, 3.05) is 13.2 Å². The molecule has 0 aliphatic carbocycles. The highest BCUT2D eigenvalue weighted by Crippen LogP contribution is 2.33. The smallest absolute Gasteiger partial charge is 0.293 e. The van der Waals surface area contributed by atoms with E-state index in [0.717, 1.165) is 30.2 Å². The van der Waals surface area contributed by atoms with E-state index in [2.05, 4.69) is 5.92 Å². The highest BCUT2D eigenvalue weighted by atomic mass is 35.5. The number of carbonyl (C=O) groups excluding carboxylic acids is 2. The molecule has 1 fully saturated rings. The van der Waals surface area contributed by atoms with Gasteiger partial charge in [0.05, 0.1) is 9.93 Å². The van der Waals surface area contributed by atoms with Crippen molar-refractivity contribution in [3.8, 4) is 18.1 Å². The van der Waals surface area contributed by atoms with Crippen LogP contribution in [0.25, 0.3) is 6.08 Å². The van der Waals surface area contributed by atoms with Gasteiger partial charge in [0.25, 0.3) is 11.1 Å². The molecule has 6 heteroatoms. The van der Waals surface area contributed by atoms with Crippen LogP contribution in [0, 0.1) is 12.3 Å². The third-order valence-electron chi connectivity index (χ3n) is 3.17. The number of terminal acetylenes is 1. The Kier molecular flexibility index (Phi) is 6.14. The van der Waals surface area contributed by atoms with Crippen molar-refractivity contribution >= 4 is 40.6 Å². The normalized spacial score (nSPS) is 16.0. The largest absolute Gasteiger partial charge is 0.479 e. The number of imide groups is 1. The number of carbonyl (C=O) groups is 2. The first-order chi connectivity index (χ1) is 11.1. The van der Waals surface area contributed by atoms with E-state index in [0.29, 0.717) is 22.2 Å². The molecule has 0 spiro atoms. The lowest BCUT2D eigenvalue weighted by Gasteiger charge is -2.10. The summed E-state index contributed by atoms with van der Waals surface area (Å²) in [5, 5.41) is 0.175. The van der Waals surface area contributed by atoms with E-state index in [4.69, 9.17) is 22.8 Å². The van der Waals surface area contributed by atoms with Crippen molar-refractivity contribution in [2.24, 2.45) is 0 Å². The number of hydrogen-bond acceptors (Lipinski definition) is 4. The van der Waals surface area contributed by atoms with E-state index in [1.54, 1.807) is 24.3 Å². The molecule has 4 nitrogen and oxygen atoms in total. The van der Waals surface area contributed by atoms with E-state index in [1.165, 1.54) is 4.90 Å². The minimum absolute atomic E-state index is 0.134. The van der Waals surface area contributed by atoms with Gasteiger partial charge in [-0.2, -0.15) is 0 Å². The number of unbranched alkanes of at least 4 members (excludes halogenated alkanes) is 1. The first-order valence-electron chi connectivity index (χ1n) is 7.18. The number of amides is 2. The van der Waals surface area contributed by atoms with Crippen LogP contribution in [0.5, 0.6) is 5.75 Å². The Balaban J connectivity index is 2.16. The molecular formula is C17H16ClNO3S. The van der Waals surface area contributed by atoms with Crippen LogP contribution >= 0.6 is 23.4 Å². The molecule has 23 heavy (non-hydrogen) atoms. The maximum atomic E-state index is 12.3. The van der Waals surface area contributed by atoms with Gasteiger partial charge in [0.2, 0.25) is 0 Å². The average molecular weight is 350 g/mol. The maximum Gasteiger partial charge on any atom is 0.293 e. The summed E-state index contributed by atoms with van der Waals surface area (Å²) in [5.41, 5.74) is 0.726. The van der Waals surface area contributed by atoms with E-state index in [9.17, 15) is 9.59 Å². The van der Waals surface area contributed by atoms with Crippen molar-refractivity contribution in [1.82, 2.24) is 4.90 Å². The average Bonchev–Trinajstić information content (AvgIpc) is 2.78. The summed E-state index contributed by atoms with van der Waals surface area (Å²) >= 11 is 7.07. The van der Waals surface area contributed by atoms with Gasteiger partial charge in [-0.25, -0.2) is 0 Å². The third-order valence-corrected chi connectivity index (χ3v) is 4.38. The molecule has 0 aromatic heterocycles. The third kappa shape index (κ3) is 4.31. The van der Waals surface area contributed by atoms with Crippen molar-refractivity contribution in [3.05, 3.63) is 33.7 Å². The molecular weight excluding hydrogens is 334 g/mol. The molecule has 1 aromatic carbocycles. The van der Waals surface area contributed by atoms with Gasteiger partial charge < -0.3 is 4.74 Å². The van der Waals surface area contributed by atoms with Gasteiger partial charge in [-0.3, -0.25) is 14.5 Å². The Morgan fingerprint density at radius 3 is 2.87 bits per heavy atom. The van der Waals surface area contributed by atoms with Gasteiger partial charge in [0.1, 0.15) is 12.4 Å². The van der Waals surface area contributed by atoms with Crippen LogP contribution in [-0.2, 0) is 4.79 Å². The van der Waals surface area contributed by atoms with Crippen LogP contribution in [0.3, 0.4) is 0 Å². The Hall–Kier alpha value is -1.90. The summed E-state index contributed by atoms with van der Waals surface area (Å²) in [5.74, 6) is 2.60. The summed E-state index contributed by atoms with van der Waals surface area (Å²) in [6.45, 7) is 2.61. The Morgan fingerprint density at radius 1 is 1.43 bits per heavy atom. The van der Waals surface area contributed by atoms with Gasteiger partial charge in [-0.05, 0) is 42.0 Å². The Bertz CT molecular complexity index is 694. The van der Waals surface area contributed by atoms with Crippen molar-refractivity contribution < 1.29 is 14.3 Å². The number of hydrogen-bond donors (Lipinski definition) is 0. The molecule has 1 aliphatic heterocycles. The topological polar surface area (TPSA) is 46.6 Å². The van der Waals surface area contributed by atoms with E-state index >= 15 is 0 Å². The zero-order valence-corrected chi connectivity index (χ0v) is 14.2. The lowest BCUT2D eigenvalue weighted by Crippen LogP contribution is -2.29. The van der Waals surface area contributed by atoms with Crippen molar-refractivity contribution in [1.29, 1.82) is 0 Å². The van der Waals surface area contributed by atoms with Gasteiger partial charge in [-0.1, -0.05) is 36.9 Å². The highest BCUT2D eigenvalue weighted by molar-refractivity contribution is 8.18. The first kappa shape index (κ1) is 17.5. The van der Waals surface area contributed by atoms with Crippen LogP contribution in [0.15, 0.2) is 23.1 Å². The first-order valence-corrected chi connectivity index (χ1v) is 8.37. The molecule has 1 aliphatic rings. The molecule has 0 N–H and O–H groups in total. The number of halogens is 1. The standard InChI is InChI=1S/C17H16ClNO3S/c1-3-5-8-19-16(20)15(23-17(19)21)11-12-6-7-14(13(18)10-12)22-9-4-2/h2,6-7,10-11H,3,5,8-9H2,1H3. The fraction of sp³-hybridized carbons (Fsp3) is 0.294. The minimum Gasteiger partial charge on any atom is -0.479 e. The molecule has 120 valence electrons. The summed E-state index contributed by atoms with van der Waals surface area (Å²) < 4.78 is 5.29. The second kappa shape index (κ2) is 8.09. The van der Waals surface area contributed by atoms with Crippen molar-refractivity contribution in [3.63, 3.8) is 0 Å². The van der Waals surface area contributed by atoms with E-state index < -0.39 is 0 Å². The monoisotopic (exact) mass is 349 g/mol. The molecule has 1 heterocycles. The molecule has 0 saturated carbocycles. The van der Waals surface area contributed by atoms with E-state index in [1.807, 2.05) is 6.92 Å². The van der Waals surface area contributed by atoms with Gasteiger partial charge in [-0.15, -0.1) is 6.42 Å². The number of benzene rings is 1. The van der Waals surface area contributed by atoms with Crippen LogP contribution in [0.4, 0.5) is 4.79 Å². The van der Waals surface area contributed by atoms with Gasteiger partial charge >= 0.3 is 0 Å². The number of rotatable bonds is 6. The second-order valence-corrected chi connectivity index (χ2v) is 6.27. The fourth-order valence-corrected chi connectivity index (χ4v) is 3.11. The van der Waals surface area contributed by atoms with E-state index in [-0.39, 0.29) is 17.8 Å². The van der Waals surface area contributed by atoms with Crippen molar-refractivity contribution in [2.45, 2.75) is 19.8 Å². The Labute approximate surface area is 144 Å². The molecule has 2 amide bonds. The zero-order valence-electron chi connectivity index (χ0n) is 12.7. The van der Waals surface area contributed by atoms with Crippen LogP contribution in [0.1, 0.15) is 25.3 Å². The lowest BCUT2D eigenvalue weighted by molar-refractivity contribution is -0.122. The number of ether oxygens (including phenoxy) is 1. The summed E-state index contributed by atoms with van der Waals surface area (Å²) in [6, 6.07) is 5.12. The molecule has 0 bridgehead atoms. The maximum absolute atomic E-state index is 12.3. The summed E-state index contributed by atoms with van der Waals surface area (Å²) in [6.07, 6.45) is 8.53. The minimum atomic E-state index is -0.253. The molecule has 0 radical (unpaired) electrons. The SMILES string of the molecule is C#CCOc1ccc(C=C2SC(=O)N(CCCC)C2=O)cc1Cl. The predicted molar refractivity (Wildman–Crippen MR) is 93.4 cm³/mol. The molecule has 1 aromatic rings. The zero-order chi connectivity index (χ0) is 16.8. The van der Waals surface area contributed by atoms with Crippen LogP contribution in [0.2, 0.25) is 5.02 Å². The number of nitrogens with zero attached hydrogens (tertiary/aromatic N) is 1. The second-order valence-electron chi connectivity index (χ2n) is 4.87. The summed E-state index contributed by atoms with van der Waals surface area (Å²) in [4.78, 5) is 25.8. The van der Waals surface area contributed by atoms with Gasteiger partial charge in [0.15, 0.2) is 0 Å². The highest BCUT2D eigenvalue weighted by Gasteiger charge is 2.34.